The molecule has 2 rings (SSSR count). The summed E-state index contributed by atoms with van der Waals surface area (Å²) in [6, 6.07) is 0. The first-order valence-corrected chi connectivity index (χ1v) is 6.70. The average molecular weight is 254 g/mol. The molecule has 1 aromatic heterocycles. The Kier molecular flexibility index (Phi) is 4.19. The third kappa shape index (κ3) is 3.89. The zero-order valence-electron chi connectivity index (χ0n) is 9.33. The molecule has 1 aromatic rings. The molecule has 5 nitrogen and oxygen atoms in total. The van der Waals surface area contributed by atoms with Crippen LogP contribution in [0.1, 0.15) is 24.6 Å². The van der Waals surface area contributed by atoms with E-state index in [-0.39, 0.29) is 5.89 Å². The molecule has 1 aliphatic heterocycles. The van der Waals surface area contributed by atoms with Crippen LogP contribution in [0.3, 0.4) is 0 Å². The highest BCUT2D eigenvalue weighted by molar-refractivity contribution is 7.99. The minimum absolute atomic E-state index is 0.257. The summed E-state index contributed by atoms with van der Waals surface area (Å²) in [5, 5.41) is 16.2. The standard InChI is InChI=1S/C11H14N2O3S/c14-11(15)2-1-9-12-13-10(16-9)7-8-3-5-17-6-4-8/h1-2,8H,3-7H2,(H,14,15)/b2-1+. The second-order valence-corrected chi connectivity index (χ2v) is 5.19. The second-order valence-electron chi connectivity index (χ2n) is 3.97. The van der Waals surface area contributed by atoms with E-state index in [2.05, 4.69) is 10.2 Å². The van der Waals surface area contributed by atoms with Crippen molar-refractivity contribution in [2.75, 3.05) is 11.5 Å². The molecule has 0 amide bonds. The highest BCUT2D eigenvalue weighted by Crippen LogP contribution is 2.25. The number of thioether (sulfide) groups is 1. The van der Waals surface area contributed by atoms with Crippen LogP contribution in [-0.2, 0) is 11.2 Å². The number of aliphatic carboxylic acids is 1. The van der Waals surface area contributed by atoms with E-state index in [1.165, 1.54) is 30.4 Å². The molecular formula is C11H14N2O3S. The van der Waals surface area contributed by atoms with Crippen molar-refractivity contribution in [3.63, 3.8) is 0 Å². The third-order valence-corrected chi connectivity index (χ3v) is 3.70. The van der Waals surface area contributed by atoms with Crippen LogP contribution in [-0.4, -0.2) is 32.8 Å². The van der Waals surface area contributed by atoms with Crippen LogP contribution in [0.15, 0.2) is 10.5 Å². The SMILES string of the molecule is O=C(O)/C=C/c1nnc(CC2CCSCC2)o1. The number of hydrogen-bond donors (Lipinski definition) is 1. The summed E-state index contributed by atoms with van der Waals surface area (Å²) in [7, 11) is 0. The lowest BCUT2D eigenvalue weighted by Crippen LogP contribution is -2.12. The van der Waals surface area contributed by atoms with Crippen molar-refractivity contribution in [2.24, 2.45) is 5.92 Å². The summed E-state index contributed by atoms with van der Waals surface area (Å²) < 4.78 is 5.36. The van der Waals surface area contributed by atoms with Gasteiger partial charge in [-0.2, -0.15) is 11.8 Å². The van der Waals surface area contributed by atoms with Gasteiger partial charge in [0.05, 0.1) is 0 Å². The van der Waals surface area contributed by atoms with Crippen molar-refractivity contribution in [1.29, 1.82) is 0 Å². The summed E-state index contributed by atoms with van der Waals surface area (Å²) in [5.41, 5.74) is 0. The molecule has 0 aromatic carbocycles. The Labute approximate surface area is 103 Å². The fraction of sp³-hybridized carbons (Fsp3) is 0.545. The molecule has 17 heavy (non-hydrogen) atoms. The van der Waals surface area contributed by atoms with Crippen molar-refractivity contribution in [3.8, 4) is 0 Å². The molecular weight excluding hydrogens is 240 g/mol. The summed E-state index contributed by atoms with van der Waals surface area (Å²) >= 11 is 1.98. The predicted molar refractivity (Wildman–Crippen MR) is 64.7 cm³/mol. The number of nitrogens with zero attached hydrogens (tertiary/aromatic N) is 2. The molecule has 1 saturated heterocycles. The van der Waals surface area contributed by atoms with Crippen LogP contribution in [0.5, 0.6) is 0 Å². The van der Waals surface area contributed by atoms with E-state index in [1.54, 1.807) is 0 Å². The molecule has 92 valence electrons. The van der Waals surface area contributed by atoms with Crippen LogP contribution < -0.4 is 0 Å². The first kappa shape index (κ1) is 12.2. The zero-order chi connectivity index (χ0) is 12.1. The molecule has 0 unspecified atom stereocenters. The van der Waals surface area contributed by atoms with E-state index in [0.29, 0.717) is 11.8 Å². The fourth-order valence-electron chi connectivity index (χ4n) is 1.76. The summed E-state index contributed by atoms with van der Waals surface area (Å²) in [5.74, 6) is 2.86. The number of aromatic nitrogens is 2. The van der Waals surface area contributed by atoms with Gasteiger partial charge in [-0.3, -0.25) is 0 Å². The average Bonchev–Trinajstić information content (AvgIpc) is 2.75. The quantitative estimate of drug-likeness (QED) is 0.826. The summed E-state index contributed by atoms with van der Waals surface area (Å²) in [6.45, 7) is 0. The molecule has 1 aliphatic rings. The van der Waals surface area contributed by atoms with Gasteiger partial charge in [-0.1, -0.05) is 0 Å². The molecule has 0 aliphatic carbocycles. The van der Waals surface area contributed by atoms with Gasteiger partial charge in [0.15, 0.2) is 0 Å². The van der Waals surface area contributed by atoms with E-state index in [4.69, 9.17) is 9.52 Å². The monoisotopic (exact) mass is 254 g/mol. The van der Waals surface area contributed by atoms with E-state index in [1.807, 2.05) is 11.8 Å². The second kappa shape index (κ2) is 5.86. The Balaban J connectivity index is 1.91. The summed E-state index contributed by atoms with van der Waals surface area (Å²) in [4.78, 5) is 10.3. The van der Waals surface area contributed by atoms with Crippen LogP contribution in [0.25, 0.3) is 6.08 Å². The van der Waals surface area contributed by atoms with E-state index < -0.39 is 5.97 Å². The fourth-order valence-corrected chi connectivity index (χ4v) is 2.96. The first-order valence-electron chi connectivity index (χ1n) is 5.55. The Hall–Kier alpha value is -1.30. The van der Waals surface area contributed by atoms with E-state index in [0.717, 1.165) is 12.5 Å². The molecule has 0 spiro atoms. The van der Waals surface area contributed by atoms with Gasteiger partial charge < -0.3 is 9.52 Å². The van der Waals surface area contributed by atoms with E-state index >= 15 is 0 Å². The Morgan fingerprint density at radius 3 is 2.94 bits per heavy atom. The van der Waals surface area contributed by atoms with Gasteiger partial charge in [0, 0.05) is 18.6 Å². The highest BCUT2D eigenvalue weighted by atomic mass is 32.2. The molecule has 6 heteroatoms. The smallest absolute Gasteiger partial charge is 0.328 e. The number of rotatable bonds is 4. The summed E-state index contributed by atoms with van der Waals surface area (Å²) in [6.07, 6.45) is 5.49. The Morgan fingerprint density at radius 1 is 1.47 bits per heavy atom. The maximum Gasteiger partial charge on any atom is 0.328 e. The Morgan fingerprint density at radius 2 is 2.24 bits per heavy atom. The predicted octanol–water partition coefficient (Wildman–Crippen LogP) is 1.85. The van der Waals surface area contributed by atoms with Gasteiger partial charge in [0.2, 0.25) is 11.8 Å². The lowest BCUT2D eigenvalue weighted by atomic mass is 9.99. The molecule has 2 heterocycles. The van der Waals surface area contributed by atoms with Gasteiger partial charge >= 0.3 is 5.97 Å². The van der Waals surface area contributed by atoms with Crippen molar-refractivity contribution >= 4 is 23.8 Å². The maximum atomic E-state index is 10.3. The maximum absolute atomic E-state index is 10.3. The van der Waals surface area contributed by atoms with E-state index in [9.17, 15) is 4.79 Å². The van der Waals surface area contributed by atoms with Gasteiger partial charge in [-0.25, -0.2) is 4.79 Å². The molecule has 0 saturated carbocycles. The number of carboxylic acids is 1. The topological polar surface area (TPSA) is 76.2 Å². The van der Waals surface area contributed by atoms with Gasteiger partial charge in [-0.05, 0) is 30.3 Å². The lowest BCUT2D eigenvalue weighted by molar-refractivity contribution is -0.131. The first-order chi connectivity index (χ1) is 8.24. The molecule has 1 fully saturated rings. The highest BCUT2D eigenvalue weighted by Gasteiger charge is 2.17. The molecule has 1 N–H and O–H groups in total. The van der Waals surface area contributed by atoms with Crippen LogP contribution in [0, 0.1) is 5.92 Å². The minimum atomic E-state index is -1.02. The van der Waals surface area contributed by atoms with Crippen molar-refractivity contribution < 1.29 is 14.3 Å². The lowest BCUT2D eigenvalue weighted by Gasteiger charge is -2.19. The minimum Gasteiger partial charge on any atom is -0.478 e. The van der Waals surface area contributed by atoms with Crippen molar-refractivity contribution in [3.05, 3.63) is 17.9 Å². The molecule has 0 radical (unpaired) electrons. The van der Waals surface area contributed by atoms with Crippen molar-refractivity contribution in [1.82, 2.24) is 10.2 Å². The largest absolute Gasteiger partial charge is 0.478 e. The number of carbonyl (C=O) groups is 1. The number of carboxylic acid groups (broad SMARTS) is 1. The molecule has 0 bridgehead atoms. The van der Waals surface area contributed by atoms with Crippen LogP contribution in [0.4, 0.5) is 0 Å². The van der Waals surface area contributed by atoms with Gasteiger partial charge in [0.25, 0.3) is 0 Å². The Bertz CT molecular complexity index is 411. The van der Waals surface area contributed by atoms with Crippen molar-refractivity contribution in [2.45, 2.75) is 19.3 Å². The molecule has 0 atom stereocenters. The van der Waals surface area contributed by atoms with Gasteiger partial charge in [-0.15, -0.1) is 10.2 Å². The normalized spacial score (nSPS) is 17.6. The van der Waals surface area contributed by atoms with Gasteiger partial charge in [0.1, 0.15) is 0 Å². The van der Waals surface area contributed by atoms with Crippen LogP contribution >= 0.6 is 11.8 Å². The van der Waals surface area contributed by atoms with Crippen LogP contribution in [0.2, 0.25) is 0 Å². The zero-order valence-corrected chi connectivity index (χ0v) is 10.2. The number of hydrogen-bond acceptors (Lipinski definition) is 5. The third-order valence-electron chi connectivity index (χ3n) is 2.66.